The van der Waals surface area contributed by atoms with Crippen LogP contribution >= 0.6 is 22.6 Å². The molecule has 2 nitrogen and oxygen atoms in total. The molecule has 0 aliphatic carbocycles. The van der Waals surface area contributed by atoms with E-state index in [1.165, 1.54) is 0 Å². The van der Waals surface area contributed by atoms with Crippen molar-refractivity contribution in [3.05, 3.63) is 17.6 Å². The highest BCUT2D eigenvalue weighted by atomic mass is 127. The molecule has 0 spiro atoms. The van der Waals surface area contributed by atoms with Gasteiger partial charge in [0, 0.05) is 4.43 Å². The van der Waals surface area contributed by atoms with Crippen LogP contribution in [0.4, 0.5) is 4.39 Å². The van der Waals surface area contributed by atoms with E-state index in [4.69, 9.17) is 0 Å². The van der Waals surface area contributed by atoms with Gasteiger partial charge >= 0.3 is 6.14 Å². The number of halogens is 2. The molecule has 0 unspecified atom stereocenters. The van der Waals surface area contributed by atoms with Gasteiger partial charge < -0.3 is 4.42 Å². The monoisotopic (exact) mass is 241 g/mol. The molecular formula is C5H5FINO. The van der Waals surface area contributed by atoms with E-state index in [1.54, 1.807) is 6.92 Å². The minimum absolute atomic E-state index is 0.571. The lowest BCUT2D eigenvalue weighted by Gasteiger charge is -1.82. The second-order valence-corrected chi connectivity index (χ2v) is 2.37. The van der Waals surface area contributed by atoms with Crippen LogP contribution in [0.1, 0.15) is 11.5 Å². The lowest BCUT2D eigenvalue weighted by molar-refractivity contribution is 0.325. The van der Waals surface area contributed by atoms with E-state index in [0.717, 1.165) is 0 Å². The summed E-state index contributed by atoms with van der Waals surface area (Å²) in [6.07, 6.45) is -0.737. The van der Waals surface area contributed by atoms with Crippen molar-refractivity contribution in [3.8, 4) is 0 Å². The van der Waals surface area contributed by atoms with Crippen molar-refractivity contribution >= 4 is 22.6 Å². The molecule has 0 saturated heterocycles. The third kappa shape index (κ3) is 1.41. The van der Waals surface area contributed by atoms with E-state index < -0.39 is 6.14 Å². The first-order chi connectivity index (χ1) is 4.24. The predicted molar refractivity (Wildman–Crippen MR) is 38.9 cm³/mol. The van der Waals surface area contributed by atoms with Crippen molar-refractivity contribution in [1.29, 1.82) is 0 Å². The average molecular weight is 241 g/mol. The fraction of sp³-hybridized carbons (Fsp3) is 0.400. The molecular weight excluding hydrogens is 236 g/mol. The molecule has 4 heteroatoms. The molecule has 0 N–H and O–H groups in total. The SMILES string of the molecule is Cc1oc(F)nc1CI. The van der Waals surface area contributed by atoms with Crippen LogP contribution in [0.2, 0.25) is 0 Å². The maximum Gasteiger partial charge on any atom is 0.381 e. The Morgan fingerprint density at radius 3 is 2.67 bits per heavy atom. The van der Waals surface area contributed by atoms with Crippen LogP contribution in [-0.4, -0.2) is 4.98 Å². The first-order valence-electron chi connectivity index (χ1n) is 2.42. The van der Waals surface area contributed by atoms with Crippen LogP contribution in [-0.2, 0) is 4.43 Å². The van der Waals surface area contributed by atoms with Gasteiger partial charge in [-0.25, -0.2) is 0 Å². The van der Waals surface area contributed by atoms with Gasteiger partial charge in [0.1, 0.15) is 5.76 Å². The smallest absolute Gasteiger partial charge is 0.381 e. The zero-order valence-corrected chi connectivity index (χ0v) is 6.98. The summed E-state index contributed by atoms with van der Waals surface area (Å²) in [5.41, 5.74) is 0.688. The fourth-order valence-electron chi connectivity index (χ4n) is 0.517. The van der Waals surface area contributed by atoms with Crippen LogP contribution in [0.25, 0.3) is 0 Å². The Morgan fingerprint density at radius 1 is 1.78 bits per heavy atom. The molecule has 1 aromatic rings. The largest absolute Gasteiger partial charge is 0.420 e. The van der Waals surface area contributed by atoms with Gasteiger partial charge in [0.15, 0.2) is 0 Å². The molecule has 0 aromatic carbocycles. The summed E-state index contributed by atoms with van der Waals surface area (Å²) in [5.74, 6) is 0.571. The first-order valence-corrected chi connectivity index (χ1v) is 3.94. The fourth-order valence-corrected chi connectivity index (χ4v) is 1.22. The molecule has 0 radical (unpaired) electrons. The summed E-state index contributed by atoms with van der Waals surface area (Å²) < 4.78 is 17.3. The number of aromatic nitrogens is 1. The van der Waals surface area contributed by atoms with E-state index in [2.05, 4.69) is 32.0 Å². The van der Waals surface area contributed by atoms with Crippen molar-refractivity contribution in [2.24, 2.45) is 0 Å². The van der Waals surface area contributed by atoms with E-state index in [1.807, 2.05) is 0 Å². The van der Waals surface area contributed by atoms with Crippen molar-refractivity contribution in [2.75, 3.05) is 0 Å². The van der Waals surface area contributed by atoms with Crippen molar-refractivity contribution in [3.63, 3.8) is 0 Å². The Hall–Kier alpha value is -0.130. The van der Waals surface area contributed by atoms with E-state index >= 15 is 0 Å². The Kier molecular flexibility index (Phi) is 2.05. The summed E-state index contributed by atoms with van der Waals surface area (Å²) in [5, 5.41) is 0. The summed E-state index contributed by atoms with van der Waals surface area (Å²) >= 11 is 2.10. The number of alkyl halides is 1. The molecule has 1 aromatic heterocycles. The number of hydrogen-bond acceptors (Lipinski definition) is 2. The second kappa shape index (κ2) is 2.64. The van der Waals surface area contributed by atoms with Gasteiger partial charge in [-0.3, -0.25) is 0 Å². The number of aryl methyl sites for hydroxylation is 1. The van der Waals surface area contributed by atoms with E-state index in [0.29, 0.717) is 15.9 Å². The number of nitrogens with zero attached hydrogens (tertiary/aromatic N) is 1. The molecule has 0 saturated carbocycles. The zero-order valence-electron chi connectivity index (χ0n) is 4.82. The Labute approximate surface area is 65.6 Å². The second-order valence-electron chi connectivity index (χ2n) is 1.60. The Balaban J connectivity index is 3.01. The van der Waals surface area contributed by atoms with E-state index in [-0.39, 0.29) is 0 Å². The highest BCUT2D eigenvalue weighted by molar-refractivity contribution is 14.1. The van der Waals surface area contributed by atoms with Gasteiger partial charge in [-0.15, -0.1) is 4.39 Å². The van der Waals surface area contributed by atoms with Crippen LogP contribution < -0.4 is 0 Å². The van der Waals surface area contributed by atoms with Crippen LogP contribution in [0.3, 0.4) is 0 Å². The van der Waals surface area contributed by atoms with Gasteiger partial charge in [-0.2, -0.15) is 4.98 Å². The molecule has 0 aliphatic rings. The lowest BCUT2D eigenvalue weighted by atomic mass is 10.4. The predicted octanol–water partition coefficient (Wildman–Crippen LogP) is 2.06. The van der Waals surface area contributed by atoms with Gasteiger partial charge in [-0.1, -0.05) is 22.6 Å². The van der Waals surface area contributed by atoms with Gasteiger partial charge in [-0.05, 0) is 6.92 Å². The van der Waals surface area contributed by atoms with Gasteiger partial charge in [0.2, 0.25) is 0 Å². The average Bonchev–Trinajstić information content (AvgIpc) is 2.10. The van der Waals surface area contributed by atoms with Gasteiger partial charge in [0.05, 0.1) is 5.69 Å². The van der Waals surface area contributed by atoms with Crippen molar-refractivity contribution in [2.45, 2.75) is 11.4 Å². The third-order valence-corrected chi connectivity index (χ3v) is 1.72. The lowest BCUT2D eigenvalue weighted by Crippen LogP contribution is -1.78. The topological polar surface area (TPSA) is 26.0 Å². The Bertz CT molecular complexity index is 211. The molecule has 0 atom stereocenters. The van der Waals surface area contributed by atoms with Crippen molar-refractivity contribution < 1.29 is 8.81 Å². The normalized spacial score (nSPS) is 10.1. The number of oxazole rings is 1. The molecule has 9 heavy (non-hydrogen) atoms. The zero-order chi connectivity index (χ0) is 6.85. The standard InChI is InChI=1S/C5H5FINO/c1-3-4(2-7)8-5(6)9-3/h2H2,1H3. The molecule has 0 bridgehead atoms. The summed E-state index contributed by atoms with van der Waals surface area (Å²) in [6.45, 7) is 1.70. The highest BCUT2D eigenvalue weighted by Gasteiger charge is 2.05. The van der Waals surface area contributed by atoms with E-state index in [9.17, 15) is 4.39 Å². The van der Waals surface area contributed by atoms with Gasteiger partial charge in [0.25, 0.3) is 0 Å². The molecule has 0 amide bonds. The third-order valence-electron chi connectivity index (χ3n) is 0.993. The minimum atomic E-state index is -0.737. The molecule has 50 valence electrons. The van der Waals surface area contributed by atoms with Crippen LogP contribution in [0, 0.1) is 13.1 Å². The van der Waals surface area contributed by atoms with Crippen molar-refractivity contribution in [1.82, 2.24) is 4.98 Å². The van der Waals surface area contributed by atoms with Crippen LogP contribution in [0.5, 0.6) is 0 Å². The summed E-state index contributed by atoms with van der Waals surface area (Å²) in [6, 6.07) is 0. The van der Waals surface area contributed by atoms with Crippen LogP contribution in [0.15, 0.2) is 4.42 Å². The first kappa shape index (κ1) is 6.98. The minimum Gasteiger partial charge on any atom is -0.420 e. The molecule has 1 heterocycles. The molecule has 0 aliphatic heterocycles. The maximum absolute atomic E-state index is 12.1. The summed E-state index contributed by atoms with van der Waals surface area (Å²) in [7, 11) is 0. The summed E-state index contributed by atoms with van der Waals surface area (Å²) in [4.78, 5) is 3.49. The Morgan fingerprint density at radius 2 is 2.44 bits per heavy atom. The number of rotatable bonds is 1. The molecule has 0 fully saturated rings. The molecule has 1 rings (SSSR count). The highest BCUT2D eigenvalue weighted by Crippen LogP contribution is 2.11. The maximum atomic E-state index is 12.1. The quantitative estimate of drug-likeness (QED) is 0.555. The number of hydrogen-bond donors (Lipinski definition) is 0.